The maximum absolute atomic E-state index is 12.1. The van der Waals surface area contributed by atoms with E-state index >= 15 is 0 Å². The van der Waals surface area contributed by atoms with Crippen LogP contribution in [-0.4, -0.2) is 54.4 Å². The fourth-order valence-corrected chi connectivity index (χ4v) is 2.51. The Kier molecular flexibility index (Phi) is 3.90. The second kappa shape index (κ2) is 5.42. The molecule has 2 rings (SSSR count). The van der Waals surface area contributed by atoms with Crippen LogP contribution in [0.3, 0.4) is 0 Å². The van der Waals surface area contributed by atoms with Crippen molar-refractivity contribution >= 4 is 22.4 Å². The number of hydrogen-bond acceptors (Lipinski definition) is 6. The van der Waals surface area contributed by atoms with Crippen molar-refractivity contribution in [3.63, 3.8) is 0 Å². The molecule has 94 valence electrons. The minimum Gasteiger partial charge on any atom is -0.381 e. The van der Waals surface area contributed by atoms with Crippen LogP contribution in [0.15, 0.2) is 0 Å². The molecule has 0 spiro atoms. The van der Waals surface area contributed by atoms with Crippen LogP contribution in [0.4, 0.5) is 5.13 Å². The number of aromatic nitrogens is 2. The molecule has 1 amide bonds. The number of rotatable bonds is 3. The largest absolute Gasteiger partial charge is 0.381 e. The van der Waals surface area contributed by atoms with Gasteiger partial charge in [-0.15, -0.1) is 10.2 Å². The number of carbonyl (C=O) groups excluding carboxylic acids is 1. The van der Waals surface area contributed by atoms with Crippen LogP contribution < -0.4 is 5.32 Å². The van der Waals surface area contributed by atoms with Crippen LogP contribution in [-0.2, 0) is 4.74 Å². The molecule has 0 atom stereocenters. The lowest BCUT2D eigenvalue weighted by Crippen LogP contribution is -2.40. The molecule has 6 nitrogen and oxygen atoms in total. The van der Waals surface area contributed by atoms with Crippen LogP contribution in [0.25, 0.3) is 0 Å². The molecule has 1 aromatic heterocycles. The molecule has 1 aliphatic heterocycles. The van der Waals surface area contributed by atoms with Crippen molar-refractivity contribution in [3.05, 3.63) is 5.01 Å². The highest BCUT2D eigenvalue weighted by Gasteiger charge is 2.25. The van der Waals surface area contributed by atoms with E-state index < -0.39 is 0 Å². The zero-order valence-corrected chi connectivity index (χ0v) is 10.8. The van der Waals surface area contributed by atoms with E-state index in [-0.39, 0.29) is 12.0 Å². The number of nitrogens with one attached hydrogen (secondary N) is 1. The third-order valence-corrected chi connectivity index (χ3v) is 3.81. The van der Waals surface area contributed by atoms with Crippen molar-refractivity contribution in [2.45, 2.75) is 18.9 Å². The maximum atomic E-state index is 12.1. The lowest BCUT2D eigenvalue weighted by molar-refractivity contribution is 0.0350. The smallest absolute Gasteiger partial charge is 0.284 e. The van der Waals surface area contributed by atoms with E-state index in [1.807, 2.05) is 4.90 Å². The van der Waals surface area contributed by atoms with Gasteiger partial charge in [0.05, 0.1) is 6.10 Å². The van der Waals surface area contributed by atoms with Crippen LogP contribution >= 0.6 is 11.3 Å². The second-order valence-electron chi connectivity index (χ2n) is 3.89. The monoisotopic (exact) mass is 256 g/mol. The number of ether oxygens (including phenoxy) is 1. The van der Waals surface area contributed by atoms with Gasteiger partial charge >= 0.3 is 0 Å². The van der Waals surface area contributed by atoms with Gasteiger partial charge in [-0.3, -0.25) is 4.79 Å². The Hall–Kier alpha value is -1.21. The molecule has 1 saturated heterocycles. The van der Waals surface area contributed by atoms with Gasteiger partial charge in [-0.2, -0.15) is 0 Å². The summed E-state index contributed by atoms with van der Waals surface area (Å²) < 4.78 is 5.27. The van der Waals surface area contributed by atoms with Gasteiger partial charge in [-0.25, -0.2) is 0 Å². The quantitative estimate of drug-likeness (QED) is 0.867. The van der Waals surface area contributed by atoms with Gasteiger partial charge in [0.15, 0.2) is 0 Å². The molecule has 0 saturated carbocycles. The molecular weight excluding hydrogens is 240 g/mol. The number of likely N-dealkylation sites (tertiary alicyclic amines) is 1. The zero-order valence-electron chi connectivity index (χ0n) is 9.97. The molecule has 0 aliphatic carbocycles. The zero-order chi connectivity index (χ0) is 12.3. The van der Waals surface area contributed by atoms with E-state index in [2.05, 4.69) is 15.5 Å². The highest BCUT2D eigenvalue weighted by atomic mass is 32.1. The Balaban J connectivity index is 1.96. The molecule has 17 heavy (non-hydrogen) atoms. The SMILES string of the molecule is CNc1nnc(C(=O)N2CCC(OC)CC2)s1. The Morgan fingerprint density at radius 1 is 1.47 bits per heavy atom. The summed E-state index contributed by atoms with van der Waals surface area (Å²) in [5, 5.41) is 11.7. The predicted molar refractivity (Wildman–Crippen MR) is 65.4 cm³/mol. The summed E-state index contributed by atoms with van der Waals surface area (Å²) in [6, 6.07) is 0. The van der Waals surface area contributed by atoms with Crippen molar-refractivity contribution in [3.8, 4) is 0 Å². The minimum atomic E-state index is -0.0291. The minimum absolute atomic E-state index is 0.0291. The Bertz CT molecular complexity index is 387. The molecule has 1 aromatic rings. The van der Waals surface area contributed by atoms with Crippen LogP contribution in [0.2, 0.25) is 0 Å². The Morgan fingerprint density at radius 3 is 2.71 bits per heavy atom. The van der Waals surface area contributed by atoms with Crippen LogP contribution in [0, 0.1) is 0 Å². The summed E-state index contributed by atoms with van der Waals surface area (Å²) >= 11 is 1.29. The van der Waals surface area contributed by atoms with Crippen molar-refractivity contribution in [1.29, 1.82) is 0 Å². The van der Waals surface area contributed by atoms with Crippen molar-refractivity contribution < 1.29 is 9.53 Å². The van der Waals surface area contributed by atoms with Gasteiger partial charge < -0.3 is 15.0 Å². The first-order valence-corrected chi connectivity index (χ1v) is 6.39. The third kappa shape index (κ3) is 2.73. The number of piperidine rings is 1. The molecule has 0 bridgehead atoms. The van der Waals surface area contributed by atoms with Gasteiger partial charge in [0.1, 0.15) is 0 Å². The number of amides is 1. The molecule has 0 unspecified atom stereocenters. The number of carbonyl (C=O) groups is 1. The molecule has 0 aromatic carbocycles. The van der Waals surface area contributed by atoms with Gasteiger partial charge in [-0.1, -0.05) is 11.3 Å². The second-order valence-corrected chi connectivity index (χ2v) is 4.87. The molecule has 7 heteroatoms. The molecule has 2 heterocycles. The third-order valence-electron chi connectivity index (χ3n) is 2.88. The number of nitrogens with zero attached hydrogens (tertiary/aromatic N) is 3. The first-order valence-electron chi connectivity index (χ1n) is 5.58. The van der Waals surface area contributed by atoms with E-state index in [0.29, 0.717) is 10.1 Å². The highest BCUT2D eigenvalue weighted by molar-refractivity contribution is 7.17. The topological polar surface area (TPSA) is 67.4 Å². The lowest BCUT2D eigenvalue weighted by atomic mass is 10.1. The highest BCUT2D eigenvalue weighted by Crippen LogP contribution is 2.19. The van der Waals surface area contributed by atoms with Crippen molar-refractivity contribution in [2.24, 2.45) is 0 Å². The maximum Gasteiger partial charge on any atom is 0.284 e. The van der Waals surface area contributed by atoms with Gasteiger partial charge in [0, 0.05) is 27.2 Å². The Labute approximate surface area is 104 Å². The summed E-state index contributed by atoms with van der Waals surface area (Å²) in [6.45, 7) is 1.46. The summed E-state index contributed by atoms with van der Waals surface area (Å²) in [5.41, 5.74) is 0. The van der Waals surface area contributed by atoms with Crippen molar-refractivity contribution in [2.75, 3.05) is 32.6 Å². The van der Waals surface area contributed by atoms with Gasteiger partial charge in [0.25, 0.3) is 5.91 Å². The number of methoxy groups -OCH3 is 1. The standard InChI is InChI=1S/C10H16N4O2S/c1-11-10-13-12-8(17-10)9(15)14-5-3-7(16-2)4-6-14/h7H,3-6H2,1-2H3,(H,11,13). The van der Waals surface area contributed by atoms with E-state index in [1.165, 1.54) is 11.3 Å². The summed E-state index contributed by atoms with van der Waals surface area (Å²) in [5.74, 6) is -0.0291. The number of hydrogen-bond donors (Lipinski definition) is 1. The molecule has 1 fully saturated rings. The molecular formula is C10H16N4O2S. The summed E-state index contributed by atoms with van der Waals surface area (Å²) in [4.78, 5) is 13.9. The van der Waals surface area contributed by atoms with E-state index in [4.69, 9.17) is 4.74 Å². The van der Waals surface area contributed by atoms with E-state index in [1.54, 1.807) is 14.2 Å². The van der Waals surface area contributed by atoms with E-state index in [0.717, 1.165) is 25.9 Å². The lowest BCUT2D eigenvalue weighted by Gasteiger charge is -2.30. The van der Waals surface area contributed by atoms with Gasteiger partial charge in [0.2, 0.25) is 10.1 Å². The first-order chi connectivity index (χ1) is 8.24. The summed E-state index contributed by atoms with van der Waals surface area (Å²) in [7, 11) is 3.48. The molecule has 0 radical (unpaired) electrons. The average Bonchev–Trinajstić information content (AvgIpc) is 2.87. The fourth-order valence-electron chi connectivity index (χ4n) is 1.84. The Morgan fingerprint density at radius 2 is 2.18 bits per heavy atom. The average molecular weight is 256 g/mol. The van der Waals surface area contributed by atoms with Crippen LogP contribution in [0.1, 0.15) is 22.6 Å². The normalized spacial score (nSPS) is 17.2. The van der Waals surface area contributed by atoms with E-state index in [9.17, 15) is 4.79 Å². The molecule has 1 N–H and O–H groups in total. The van der Waals surface area contributed by atoms with Crippen molar-refractivity contribution in [1.82, 2.24) is 15.1 Å². The first kappa shape index (κ1) is 12.3. The van der Waals surface area contributed by atoms with Crippen LogP contribution in [0.5, 0.6) is 0 Å². The molecule has 1 aliphatic rings. The summed E-state index contributed by atoms with van der Waals surface area (Å²) in [6.07, 6.45) is 2.06. The number of anilines is 1. The van der Waals surface area contributed by atoms with Gasteiger partial charge in [-0.05, 0) is 12.8 Å². The predicted octanol–water partition coefficient (Wildman–Crippen LogP) is 0.831. The fraction of sp³-hybridized carbons (Fsp3) is 0.700.